The molecule has 1 aliphatic heterocycles. The monoisotopic (exact) mass is 334 g/mol. The van der Waals surface area contributed by atoms with E-state index in [4.69, 9.17) is 5.11 Å². The Morgan fingerprint density at radius 2 is 2.17 bits per heavy atom. The van der Waals surface area contributed by atoms with Crippen LogP contribution in [0.4, 0.5) is 0 Å². The van der Waals surface area contributed by atoms with Gasteiger partial charge < -0.3 is 10.4 Å². The van der Waals surface area contributed by atoms with Crippen LogP contribution in [-0.2, 0) is 16.0 Å². The van der Waals surface area contributed by atoms with Gasteiger partial charge in [-0.1, -0.05) is 0 Å². The summed E-state index contributed by atoms with van der Waals surface area (Å²) in [6.45, 7) is 6.99. The van der Waals surface area contributed by atoms with Crippen molar-refractivity contribution < 1.29 is 14.7 Å². The number of hydrogen-bond donors (Lipinski definition) is 2. The van der Waals surface area contributed by atoms with Crippen LogP contribution in [0.2, 0.25) is 0 Å². The Balaban J connectivity index is 2.03. The number of amides is 1. The number of rotatable bonds is 7. The molecule has 1 aromatic rings. The SMILES string of the molecule is Cc1nc(CCC(=O)NCC(=O)O)cc([C@@H]2CCCN2C(C)C)n1. The number of aromatic nitrogens is 2. The van der Waals surface area contributed by atoms with Crippen LogP contribution in [0.1, 0.15) is 56.4 Å². The fraction of sp³-hybridized carbons (Fsp3) is 0.647. The van der Waals surface area contributed by atoms with Gasteiger partial charge in [0.25, 0.3) is 0 Å². The molecule has 24 heavy (non-hydrogen) atoms. The van der Waals surface area contributed by atoms with Gasteiger partial charge in [0, 0.05) is 18.2 Å². The normalized spacial score (nSPS) is 18.1. The van der Waals surface area contributed by atoms with Crippen molar-refractivity contribution in [1.82, 2.24) is 20.2 Å². The minimum atomic E-state index is -1.04. The van der Waals surface area contributed by atoms with Crippen LogP contribution in [-0.4, -0.2) is 51.0 Å². The highest BCUT2D eigenvalue weighted by molar-refractivity contribution is 5.81. The van der Waals surface area contributed by atoms with Crippen LogP contribution in [0.25, 0.3) is 0 Å². The number of hydrogen-bond acceptors (Lipinski definition) is 5. The lowest BCUT2D eigenvalue weighted by atomic mass is 10.1. The van der Waals surface area contributed by atoms with Gasteiger partial charge in [0.1, 0.15) is 12.4 Å². The largest absolute Gasteiger partial charge is 0.480 e. The molecule has 1 aromatic heterocycles. The molecule has 0 aromatic carbocycles. The minimum Gasteiger partial charge on any atom is -0.480 e. The fourth-order valence-corrected chi connectivity index (χ4v) is 3.18. The van der Waals surface area contributed by atoms with Gasteiger partial charge in [0.05, 0.1) is 11.7 Å². The summed E-state index contributed by atoms with van der Waals surface area (Å²) in [4.78, 5) is 33.6. The van der Waals surface area contributed by atoms with Gasteiger partial charge in [-0.2, -0.15) is 0 Å². The number of carbonyl (C=O) groups excluding carboxylic acids is 1. The molecule has 1 saturated heterocycles. The second kappa shape index (κ2) is 8.19. The average Bonchev–Trinajstić information content (AvgIpc) is 3.00. The maximum Gasteiger partial charge on any atom is 0.322 e. The summed E-state index contributed by atoms with van der Waals surface area (Å²) in [6.07, 6.45) is 2.96. The van der Waals surface area contributed by atoms with E-state index in [1.165, 1.54) is 6.42 Å². The number of likely N-dealkylation sites (tertiary alicyclic amines) is 1. The molecule has 0 saturated carbocycles. The van der Waals surface area contributed by atoms with Crippen molar-refractivity contribution in [3.05, 3.63) is 23.3 Å². The van der Waals surface area contributed by atoms with Crippen LogP contribution in [0.3, 0.4) is 0 Å². The molecule has 0 aliphatic carbocycles. The van der Waals surface area contributed by atoms with E-state index in [9.17, 15) is 9.59 Å². The first-order valence-electron chi connectivity index (χ1n) is 8.45. The van der Waals surface area contributed by atoms with Crippen molar-refractivity contribution in [3.63, 3.8) is 0 Å². The fourth-order valence-electron chi connectivity index (χ4n) is 3.18. The molecule has 7 nitrogen and oxygen atoms in total. The van der Waals surface area contributed by atoms with Crippen LogP contribution < -0.4 is 5.32 Å². The molecule has 0 radical (unpaired) electrons. The zero-order valence-electron chi connectivity index (χ0n) is 14.6. The smallest absolute Gasteiger partial charge is 0.322 e. The first kappa shape index (κ1) is 18.3. The van der Waals surface area contributed by atoms with Crippen molar-refractivity contribution in [1.29, 1.82) is 0 Å². The molecule has 1 atom stereocenters. The summed E-state index contributed by atoms with van der Waals surface area (Å²) in [5.41, 5.74) is 1.85. The number of aryl methyl sites for hydroxylation is 2. The Morgan fingerprint density at radius 1 is 1.42 bits per heavy atom. The van der Waals surface area contributed by atoms with E-state index >= 15 is 0 Å². The molecule has 1 fully saturated rings. The van der Waals surface area contributed by atoms with E-state index < -0.39 is 5.97 Å². The van der Waals surface area contributed by atoms with E-state index in [0.29, 0.717) is 24.3 Å². The molecule has 1 amide bonds. The number of carboxylic acid groups (broad SMARTS) is 1. The third kappa shape index (κ3) is 4.99. The highest BCUT2D eigenvalue weighted by Gasteiger charge is 2.29. The second-order valence-corrected chi connectivity index (χ2v) is 6.49. The van der Waals surface area contributed by atoms with Crippen molar-refractivity contribution in [2.24, 2.45) is 0 Å². The average molecular weight is 334 g/mol. The molecule has 7 heteroatoms. The van der Waals surface area contributed by atoms with Gasteiger partial charge in [-0.25, -0.2) is 9.97 Å². The highest BCUT2D eigenvalue weighted by Crippen LogP contribution is 2.32. The van der Waals surface area contributed by atoms with Gasteiger partial charge in [-0.05, 0) is 52.6 Å². The molecule has 0 spiro atoms. The molecule has 2 rings (SSSR count). The quantitative estimate of drug-likeness (QED) is 0.784. The predicted molar refractivity (Wildman–Crippen MR) is 89.6 cm³/mol. The molecule has 1 aliphatic rings. The predicted octanol–water partition coefficient (Wildman–Crippen LogP) is 1.46. The summed E-state index contributed by atoms with van der Waals surface area (Å²) < 4.78 is 0. The van der Waals surface area contributed by atoms with Crippen molar-refractivity contribution in [2.45, 2.75) is 58.5 Å². The van der Waals surface area contributed by atoms with Crippen molar-refractivity contribution in [2.75, 3.05) is 13.1 Å². The third-order valence-corrected chi connectivity index (χ3v) is 4.25. The standard InChI is InChI=1S/C17H26N4O3/c1-11(2)21-8-4-5-15(21)14-9-13(19-12(3)20-14)6-7-16(22)18-10-17(23)24/h9,11,15H,4-8,10H2,1-3H3,(H,18,22)(H,23,24)/t15-/m0/s1. The third-order valence-electron chi connectivity index (χ3n) is 4.25. The topological polar surface area (TPSA) is 95.4 Å². The summed E-state index contributed by atoms with van der Waals surface area (Å²) in [5, 5.41) is 10.9. The maximum atomic E-state index is 11.7. The van der Waals surface area contributed by atoms with Gasteiger partial charge >= 0.3 is 5.97 Å². The van der Waals surface area contributed by atoms with Gasteiger partial charge in [-0.3, -0.25) is 14.5 Å². The lowest BCUT2D eigenvalue weighted by molar-refractivity contribution is -0.137. The Kier molecular flexibility index (Phi) is 6.25. The highest BCUT2D eigenvalue weighted by atomic mass is 16.4. The van der Waals surface area contributed by atoms with E-state index in [1.54, 1.807) is 0 Å². The molecular formula is C17H26N4O3. The summed E-state index contributed by atoms with van der Waals surface area (Å²) in [5.74, 6) is -0.609. The van der Waals surface area contributed by atoms with E-state index in [-0.39, 0.29) is 18.9 Å². The zero-order chi connectivity index (χ0) is 17.7. The van der Waals surface area contributed by atoms with Crippen LogP contribution in [0.15, 0.2) is 6.07 Å². The Labute approximate surface area is 142 Å². The number of nitrogens with zero attached hydrogens (tertiary/aromatic N) is 3. The number of carbonyl (C=O) groups is 2. The Bertz CT molecular complexity index is 603. The number of nitrogens with one attached hydrogen (secondary N) is 1. The van der Waals surface area contributed by atoms with Gasteiger partial charge in [0.15, 0.2) is 0 Å². The minimum absolute atomic E-state index is 0.224. The molecule has 0 unspecified atom stereocenters. The van der Waals surface area contributed by atoms with Crippen molar-refractivity contribution in [3.8, 4) is 0 Å². The number of aliphatic carboxylic acids is 1. The van der Waals surface area contributed by atoms with Gasteiger partial charge in [0.2, 0.25) is 5.91 Å². The molecule has 2 heterocycles. The molecule has 132 valence electrons. The summed E-state index contributed by atoms with van der Waals surface area (Å²) >= 11 is 0. The summed E-state index contributed by atoms with van der Waals surface area (Å²) in [7, 11) is 0. The lowest BCUT2D eigenvalue weighted by Gasteiger charge is -2.28. The van der Waals surface area contributed by atoms with Crippen LogP contribution in [0.5, 0.6) is 0 Å². The van der Waals surface area contributed by atoms with Gasteiger partial charge in [-0.15, -0.1) is 0 Å². The first-order valence-corrected chi connectivity index (χ1v) is 8.45. The molecule has 0 bridgehead atoms. The second-order valence-electron chi connectivity index (χ2n) is 6.49. The summed E-state index contributed by atoms with van der Waals surface area (Å²) in [6, 6.07) is 2.77. The van der Waals surface area contributed by atoms with Crippen LogP contribution >= 0.6 is 0 Å². The lowest BCUT2D eigenvalue weighted by Crippen LogP contribution is -2.31. The molecular weight excluding hydrogens is 308 g/mol. The Morgan fingerprint density at radius 3 is 2.83 bits per heavy atom. The number of carboxylic acids is 1. The van der Waals surface area contributed by atoms with Crippen molar-refractivity contribution >= 4 is 11.9 Å². The maximum absolute atomic E-state index is 11.7. The first-order chi connectivity index (χ1) is 11.4. The Hall–Kier alpha value is -2.02. The van der Waals surface area contributed by atoms with E-state index in [1.807, 2.05) is 13.0 Å². The molecule has 2 N–H and O–H groups in total. The van der Waals surface area contributed by atoms with E-state index in [2.05, 4.69) is 34.0 Å². The van der Waals surface area contributed by atoms with E-state index in [0.717, 1.165) is 24.4 Å². The van der Waals surface area contributed by atoms with Crippen LogP contribution in [0, 0.1) is 6.92 Å². The zero-order valence-corrected chi connectivity index (χ0v) is 14.6.